The molecule has 37 heavy (non-hydrogen) atoms. The molecule has 1 N–H and O–H groups in total. The van der Waals surface area contributed by atoms with Gasteiger partial charge in [0.15, 0.2) is 11.5 Å². The van der Waals surface area contributed by atoms with Gasteiger partial charge in [-0.2, -0.15) is 0 Å². The zero-order valence-corrected chi connectivity index (χ0v) is 23.0. The lowest BCUT2D eigenvalue weighted by Gasteiger charge is -2.14. The molecule has 0 spiro atoms. The highest BCUT2D eigenvalue weighted by molar-refractivity contribution is 14.1. The second kappa shape index (κ2) is 12.2. The van der Waals surface area contributed by atoms with Crippen LogP contribution < -0.4 is 19.5 Å². The molecule has 3 amide bonds. The summed E-state index contributed by atoms with van der Waals surface area (Å²) < 4.78 is 17.4. The van der Waals surface area contributed by atoms with Gasteiger partial charge in [0.05, 0.1) is 22.7 Å². The summed E-state index contributed by atoms with van der Waals surface area (Å²) in [5, 5.41) is 2.17. The van der Waals surface area contributed by atoms with E-state index in [9.17, 15) is 14.4 Å². The zero-order valence-electron chi connectivity index (χ0n) is 20.0. The molecule has 1 aliphatic rings. The van der Waals surface area contributed by atoms with Crippen molar-refractivity contribution in [3.63, 3.8) is 0 Å². The summed E-state index contributed by atoms with van der Waals surface area (Å²) >= 11 is 2.93. The van der Waals surface area contributed by atoms with Crippen LogP contribution in [0.25, 0.3) is 6.08 Å². The third-order valence-electron chi connectivity index (χ3n) is 5.32. The van der Waals surface area contributed by atoms with E-state index in [1.165, 1.54) is 0 Å². The monoisotopic (exact) mass is 630 g/mol. The van der Waals surface area contributed by atoms with Crippen molar-refractivity contribution >= 4 is 63.2 Å². The number of hydrogen-bond acceptors (Lipinski definition) is 7. The van der Waals surface area contributed by atoms with Gasteiger partial charge >= 0.3 is 0 Å². The Hall–Kier alpha value is -3.51. The van der Waals surface area contributed by atoms with E-state index in [2.05, 4.69) is 27.9 Å². The topological polar surface area (TPSA) is 94.2 Å². The number of nitrogens with zero attached hydrogens (tertiary/aromatic N) is 1. The number of methoxy groups -OCH3 is 2. The molecule has 10 heteroatoms. The molecule has 1 fully saturated rings. The average Bonchev–Trinajstić information content (AvgIpc) is 3.16. The number of anilines is 1. The lowest BCUT2D eigenvalue weighted by molar-refractivity contribution is -0.127. The number of hydrogen-bond donors (Lipinski definition) is 1. The predicted molar refractivity (Wildman–Crippen MR) is 151 cm³/mol. The Morgan fingerprint density at radius 3 is 2.43 bits per heavy atom. The molecular weight excluding hydrogens is 607 g/mol. The first kappa shape index (κ1) is 26.6. The third kappa shape index (κ3) is 6.63. The quantitative estimate of drug-likeness (QED) is 0.245. The molecule has 0 bridgehead atoms. The molecule has 0 radical (unpaired) electrons. The van der Waals surface area contributed by atoms with Crippen LogP contribution in [0.15, 0.2) is 71.6 Å². The number of thioether (sulfide) groups is 1. The van der Waals surface area contributed by atoms with Crippen LogP contribution in [0, 0.1) is 3.57 Å². The number of benzene rings is 3. The van der Waals surface area contributed by atoms with E-state index in [-0.39, 0.29) is 11.4 Å². The number of carbonyl (C=O) groups excluding carboxylic acids is 3. The largest absolute Gasteiger partial charge is 0.497 e. The molecule has 0 saturated carbocycles. The normalized spacial score (nSPS) is 14.1. The molecule has 1 aliphatic heterocycles. The minimum Gasteiger partial charge on any atom is -0.497 e. The van der Waals surface area contributed by atoms with Crippen molar-refractivity contribution in [3.8, 4) is 17.2 Å². The summed E-state index contributed by atoms with van der Waals surface area (Å²) in [6.07, 6.45) is 1.61. The van der Waals surface area contributed by atoms with E-state index in [1.807, 2.05) is 36.4 Å². The minimum absolute atomic E-state index is 0.220. The van der Waals surface area contributed by atoms with Crippen LogP contribution in [0.2, 0.25) is 0 Å². The van der Waals surface area contributed by atoms with Crippen LogP contribution >= 0.6 is 34.4 Å². The van der Waals surface area contributed by atoms with Crippen LogP contribution in [0.1, 0.15) is 11.1 Å². The number of rotatable bonds is 9. The van der Waals surface area contributed by atoms with Gasteiger partial charge < -0.3 is 19.5 Å². The van der Waals surface area contributed by atoms with E-state index in [1.54, 1.807) is 50.6 Å². The molecule has 8 nitrogen and oxygen atoms in total. The maximum atomic E-state index is 12.9. The Kier molecular flexibility index (Phi) is 8.72. The van der Waals surface area contributed by atoms with Crippen LogP contribution in [0.4, 0.5) is 10.5 Å². The maximum absolute atomic E-state index is 12.9. The Morgan fingerprint density at radius 1 is 1.03 bits per heavy atom. The molecular formula is C27H23IN2O6S. The van der Waals surface area contributed by atoms with E-state index >= 15 is 0 Å². The summed E-state index contributed by atoms with van der Waals surface area (Å²) in [5.41, 5.74) is 2.22. The van der Waals surface area contributed by atoms with Crippen molar-refractivity contribution in [1.82, 2.24) is 4.90 Å². The highest BCUT2D eigenvalue weighted by Gasteiger charge is 2.36. The van der Waals surface area contributed by atoms with Crippen LogP contribution in [-0.4, -0.2) is 42.7 Å². The number of halogens is 1. The second-order valence-corrected chi connectivity index (χ2v) is 10.0. The zero-order chi connectivity index (χ0) is 26.4. The average molecular weight is 630 g/mol. The van der Waals surface area contributed by atoms with Gasteiger partial charge in [0.1, 0.15) is 18.9 Å². The molecule has 3 aromatic carbocycles. The van der Waals surface area contributed by atoms with Crippen LogP contribution in [0.5, 0.6) is 17.2 Å². The maximum Gasteiger partial charge on any atom is 0.294 e. The predicted octanol–water partition coefficient (Wildman–Crippen LogP) is 5.56. The van der Waals surface area contributed by atoms with Crippen LogP contribution in [0.3, 0.4) is 0 Å². The first-order valence-electron chi connectivity index (χ1n) is 11.1. The van der Waals surface area contributed by atoms with E-state index in [0.717, 1.165) is 25.8 Å². The highest BCUT2D eigenvalue weighted by atomic mass is 127. The number of nitrogens with one attached hydrogen (secondary N) is 1. The Labute approximate surface area is 232 Å². The van der Waals surface area contributed by atoms with Crippen molar-refractivity contribution in [2.75, 3.05) is 26.1 Å². The fourth-order valence-corrected chi connectivity index (χ4v) is 5.12. The van der Waals surface area contributed by atoms with Crippen molar-refractivity contribution < 1.29 is 28.6 Å². The lowest BCUT2D eigenvalue weighted by Crippen LogP contribution is -2.36. The number of imide groups is 1. The van der Waals surface area contributed by atoms with Gasteiger partial charge in [-0.15, -0.1) is 0 Å². The Balaban J connectivity index is 1.45. The first-order chi connectivity index (χ1) is 17.9. The lowest BCUT2D eigenvalue weighted by atomic mass is 10.1. The molecule has 0 aromatic heterocycles. The number of ether oxygens (including phenoxy) is 3. The number of amides is 3. The molecule has 1 heterocycles. The first-order valence-corrected chi connectivity index (χ1v) is 13.0. The van der Waals surface area contributed by atoms with Crippen molar-refractivity contribution in [3.05, 3.63) is 86.3 Å². The Morgan fingerprint density at radius 2 is 1.76 bits per heavy atom. The van der Waals surface area contributed by atoms with Gasteiger partial charge in [-0.1, -0.05) is 30.3 Å². The third-order valence-corrected chi connectivity index (χ3v) is 7.03. The van der Waals surface area contributed by atoms with Gasteiger partial charge in [-0.3, -0.25) is 19.3 Å². The van der Waals surface area contributed by atoms with Crippen molar-refractivity contribution in [2.45, 2.75) is 6.61 Å². The summed E-state index contributed by atoms with van der Waals surface area (Å²) in [5.74, 6) is 0.735. The molecule has 3 aromatic rings. The van der Waals surface area contributed by atoms with Crippen molar-refractivity contribution in [1.29, 1.82) is 0 Å². The molecule has 190 valence electrons. The fourth-order valence-electron chi connectivity index (χ4n) is 3.50. The summed E-state index contributed by atoms with van der Waals surface area (Å²) in [6.45, 7) is -0.00875. The number of carbonyl (C=O) groups is 3. The molecule has 0 atom stereocenters. The van der Waals surface area contributed by atoms with Crippen molar-refractivity contribution in [2.24, 2.45) is 0 Å². The molecule has 1 saturated heterocycles. The molecule has 4 rings (SSSR count). The van der Waals surface area contributed by atoms with E-state index in [0.29, 0.717) is 35.1 Å². The highest BCUT2D eigenvalue weighted by Crippen LogP contribution is 2.37. The molecule has 0 aliphatic carbocycles. The smallest absolute Gasteiger partial charge is 0.294 e. The van der Waals surface area contributed by atoms with E-state index in [4.69, 9.17) is 14.2 Å². The standard InChI is InChI=1S/C27H23IN2O6S/c1-34-20-10-8-19(9-11-20)29-24(31)15-30-26(32)23(37-27(30)33)14-18-12-21(28)25(22(13-18)35-2)36-16-17-6-4-3-5-7-17/h3-14H,15-16H2,1-2H3,(H,29,31)/b23-14+. The van der Waals surface area contributed by atoms with Gasteiger partial charge in [-0.25, -0.2) is 0 Å². The minimum atomic E-state index is -0.529. The SMILES string of the molecule is COc1ccc(NC(=O)CN2C(=O)S/C(=C/c3cc(I)c(OCc4ccccc4)c(OC)c3)C2=O)cc1. The summed E-state index contributed by atoms with van der Waals surface area (Å²) in [6, 6.07) is 20.1. The Bertz CT molecular complexity index is 1350. The van der Waals surface area contributed by atoms with Gasteiger partial charge in [-0.05, 0) is 88.0 Å². The summed E-state index contributed by atoms with van der Waals surface area (Å²) in [7, 11) is 3.09. The van der Waals surface area contributed by atoms with E-state index < -0.39 is 17.1 Å². The van der Waals surface area contributed by atoms with Gasteiger partial charge in [0, 0.05) is 5.69 Å². The fraction of sp³-hybridized carbons (Fsp3) is 0.148. The molecule has 0 unspecified atom stereocenters. The van der Waals surface area contributed by atoms with Gasteiger partial charge in [0.2, 0.25) is 5.91 Å². The second-order valence-electron chi connectivity index (χ2n) is 7.85. The van der Waals surface area contributed by atoms with Gasteiger partial charge in [0.25, 0.3) is 11.1 Å². The summed E-state index contributed by atoms with van der Waals surface area (Å²) in [4.78, 5) is 39.0. The van der Waals surface area contributed by atoms with Crippen LogP contribution in [-0.2, 0) is 16.2 Å².